The summed E-state index contributed by atoms with van der Waals surface area (Å²) < 4.78 is 43.0. The standard InChI is InChI=1S/C17H23FN2O4S/c1-17(2)8-7-16(21)20(17)12-25(22,23)15-5-3-14(4-6-15)24-11-13(9-18)10-19/h3-6,9H,7-8,10-12,19H2,1-2H3. The van der Waals surface area contributed by atoms with Gasteiger partial charge in [0.05, 0.1) is 11.2 Å². The molecule has 0 spiro atoms. The number of nitrogens with two attached hydrogens (primary N) is 1. The van der Waals surface area contributed by atoms with E-state index in [1.54, 1.807) is 0 Å². The zero-order chi connectivity index (χ0) is 18.7. The van der Waals surface area contributed by atoms with Crippen LogP contribution in [0.2, 0.25) is 0 Å². The van der Waals surface area contributed by atoms with E-state index in [2.05, 4.69) is 0 Å². The number of rotatable bonds is 7. The number of halogens is 1. The summed E-state index contributed by atoms with van der Waals surface area (Å²) in [5.41, 5.74) is 5.17. The second kappa shape index (κ2) is 7.53. The van der Waals surface area contributed by atoms with E-state index < -0.39 is 15.4 Å². The van der Waals surface area contributed by atoms with E-state index in [1.807, 2.05) is 13.8 Å². The van der Waals surface area contributed by atoms with Crippen molar-refractivity contribution in [1.29, 1.82) is 0 Å². The van der Waals surface area contributed by atoms with Gasteiger partial charge in [-0.15, -0.1) is 0 Å². The number of amides is 1. The van der Waals surface area contributed by atoms with Crippen LogP contribution in [0.5, 0.6) is 5.75 Å². The summed E-state index contributed by atoms with van der Waals surface area (Å²) in [5, 5.41) is 0. The van der Waals surface area contributed by atoms with Crippen LogP contribution in [0.4, 0.5) is 4.39 Å². The Balaban J connectivity index is 2.09. The fourth-order valence-electron chi connectivity index (χ4n) is 2.57. The number of hydrogen-bond acceptors (Lipinski definition) is 5. The Kier molecular flexibility index (Phi) is 5.84. The van der Waals surface area contributed by atoms with Gasteiger partial charge in [0.2, 0.25) is 5.91 Å². The van der Waals surface area contributed by atoms with Crippen molar-refractivity contribution in [3.8, 4) is 5.75 Å². The van der Waals surface area contributed by atoms with E-state index >= 15 is 0 Å². The lowest BCUT2D eigenvalue weighted by Crippen LogP contribution is -2.43. The van der Waals surface area contributed by atoms with Crippen molar-refractivity contribution in [1.82, 2.24) is 4.90 Å². The minimum absolute atomic E-state index is 0.00440. The maximum absolute atomic E-state index is 12.6. The highest BCUT2D eigenvalue weighted by molar-refractivity contribution is 7.91. The van der Waals surface area contributed by atoms with Crippen LogP contribution in [0.1, 0.15) is 26.7 Å². The van der Waals surface area contributed by atoms with E-state index in [0.717, 1.165) is 0 Å². The number of sulfone groups is 1. The van der Waals surface area contributed by atoms with Gasteiger partial charge in [0.25, 0.3) is 0 Å². The van der Waals surface area contributed by atoms with Crippen LogP contribution in [0.3, 0.4) is 0 Å². The van der Waals surface area contributed by atoms with E-state index in [4.69, 9.17) is 10.5 Å². The van der Waals surface area contributed by atoms with Crippen molar-refractivity contribution < 1.29 is 22.3 Å². The van der Waals surface area contributed by atoms with E-state index in [0.29, 0.717) is 30.5 Å². The summed E-state index contributed by atoms with van der Waals surface area (Å²) in [6.07, 6.45) is 1.40. The Morgan fingerprint density at radius 2 is 2.00 bits per heavy atom. The molecule has 0 bridgehead atoms. The van der Waals surface area contributed by atoms with Crippen LogP contribution in [0, 0.1) is 0 Å². The molecule has 1 fully saturated rings. The molecule has 0 atom stereocenters. The zero-order valence-corrected chi connectivity index (χ0v) is 15.2. The number of ether oxygens (including phenoxy) is 1. The van der Waals surface area contributed by atoms with Gasteiger partial charge in [-0.1, -0.05) is 0 Å². The van der Waals surface area contributed by atoms with Gasteiger partial charge >= 0.3 is 0 Å². The van der Waals surface area contributed by atoms with Crippen molar-refractivity contribution in [2.75, 3.05) is 19.0 Å². The third-order valence-electron chi connectivity index (χ3n) is 4.31. The molecule has 8 heteroatoms. The van der Waals surface area contributed by atoms with Crippen molar-refractivity contribution in [3.63, 3.8) is 0 Å². The van der Waals surface area contributed by atoms with Gasteiger partial charge in [0.1, 0.15) is 18.2 Å². The molecule has 25 heavy (non-hydrogen) atoms. The molecule has 138 valence electrons. The highest BCUT2D eigenvalue weighted by atomic mass is 32.2. The van der Waals surface area contributed by atoms with E-state index in [-0.39, 0.29) is 29.8 Å². The third-order valence-corrected chi connectivity index (χ3v) is 5.89. The molecule has 1 aromatic rings. The SMILES string of the molecule is CC1(C)CCC(=O)N1CS(=O)(=O)c1ccc(OCC(=CF)CN)cc1. The molecule has 2 N–H and O–H groups in total. The third kappa shape index (κ3) is 4.58. The molecule has 6 nitrogen and oxygen atoms in total. The van der Waals surface area contributed by atoms with Crippen molar-refractivity contribution in [3.05, 3.63) is 36.2 Å². The molecular formula is C17H23FN2O4S. The summed E-state index contributed by atoms with van der Waals surface area (Å²) in [6.45, 7) is 3.76. The molecule has 1 aliphatic heterocycles. The zero-order valence-electron chi connectivity index (χ0n) is 14.4. The fraction of sp³-hybridized carbons (Fsp3) is 0.471. The van der Waals surface area contributed by atoms with Crippen LogP contribution >= 0.6 is 0 Å². The molecule has 0 unspecified atom stereocenters. The second-order valence-electron chi connectivity index (χ2n) is 6.61. The summed E-state index contributed by atoms with van der Waals surface area (Å²) in [7, 11) is -3.65. The normalized spacial score (nSPS) is 17.8. The Labute approximate surface area is 147 Å². The number of hydrogen-bond donors (Lipinski definition) is 1. The number of likely N-dealkylation sites (tertiary alicyclic amines) is 1. The van der Waals surface area contributed by atoms with E-state index in [1.165, 1.54) is 29.2 Å². The van der Waals surface area contributed by atoms with Crippen LogP contribution in [-0.2, 0) is 14.6 Å². The summed E-state index contributed by atoms with van der Waals surface area (Å²) >= 11 is 0. The number of nitrogens with zero attached hydrogens (tertiary/aromatic N) is 1. The van der Waals surface area contributed by atoms with Gasteiger partial charge in [-0.05, 0) is 44.5 Å². The van der Waals surface area contributed by atoms with Crippen LogP contribution in [-0.4, -0.2) is 43.8 Å². The quantitative estimate of drug-likeness (QED) is 0.793. The smallest absolute Gasteiger partial charge is 0.223 e. The minimum Gasteiger partial charge on any atom is -0.489 e. The lowest BCUT2D eigenvalue weighted by atomic mass is 10.0. The van der Waals surface area contributed by atoms with Gasteiger partial charge in [-0.3, -0.25) is 4.79 Å². The summed E-state index contributed by atoms with van der Waals surface area (Å²) in [6, 6.07) is 5.82. The van der Waals surface area contributed by atoms with Crippen molar-refractivity contribution in [2.45, 2.75) is 37.1 Å². The van der Waals surface area contributed by atoms with Crippen LogP contribution in [0.25, 0.3) is 0 Å². The average molecular weight is 370 g/mol. The minimum atomic E-state index is -3.65. The lowest BCUT2D eigenvalue weighted by Gasteiger charge is -2.31. The van der Waals surface area contributed by atoms with Crippen LogP contribution in [0.15, 0.2) is 41.1 Å². The first-order valence-electron chi connectivity index (χ1n) is 7.94. The molecular weight excluding hydrogens is 347 g/mol. The lowest BCUT2D eigenvalue weighted by molar-refractivity contribution is -0.129. The number of carbonyl (C=O) groups is 1. The Bertz CT molecular complexity index is 757. The Morgan fingerprint density at radius 3 is 2.48 bits per heavy atom. The molecule has 0 saturated carbocycles. The van der Waals surface area contributed by atoms with E-state index in [9.17, 15) is 17.6 Å². The first-order valence-corrected chi connectivity index (χ1v) is 9.59. The number of benzene rings is 1. The van der Waals surface area contributed by atoms with Gasteiger partial charge < -0.3 is 15.4 Å². The van der Waals surface area contributed by atoms with Gasteiger partial charge in [-0.25, -0.2) is 12.8 Å². The average Bonchev–Trinajstić information content (AvgIpc) is 2.83. The summed E-state index contributed by atoms with van der Waals surface area (Å²) in [4.78, 5) is 13.5. The Morgan fingerprint density at radius 1 is 1.36 bits per heavy atom. The first kappa shape index (κ1) is 19.4. The molecule has 0 aromatic heterocycles. The monoisotopic (exact) mass is 370 g/mol. The predicted octanol–water partition coefficient (Wildman–Crippen LogP) is 2.01. The highest BCUT2D eigenvalue weighted by Crippen LogP contribution is 2.31. The fourth-order valence-corrected chi connectivity index (χ4v) is 4.10. The molecule has 0 aliphatic carbocycles. The van der Waals surface area contributed by atoms with Gasteiger partial charge in [0, 0.05) is 24.1 Å². The Hall–Kier alpha value is -1.93. The van der Waals surface area contributed by atoms with Gasteiger partial charge in [-0.2, -0.15) is 0 Å². The molecule has 2 rings (SSSR count). The molecule has 1 aromatic carbocycles. The molecule has 1 aliphatic rings. The maximum Gasteiger partial charge on any atom is 0.223 e. The van der Waals surface area contributed by atoms with Crippen LogP contribution < -0.4 is 10.5 Å². The largest absolute Gasteiger partial charge is 0.489 e. The maximum atomic E-state index is 12.6. The highest BCUT2D eigenvalue weighted by Gasteiger charge is 2.40. The molecule has 1 saturated heterocycles. The van der Waals surface area contributed by atoms with Crippen molar-refractivity contribution >= 4 is 15.7 Å². The molecule has 0 radical (unpaired) electrons. The second-order valence-corrected chi connectivity index (χ2v) is 8.57. The predicted molar refractivity (Wildman–Crippen MR) is 92.4 cm³/mol. The topological polar surface area (TPSA) is 89.7 Å². The number of carbonyl (C=O) groups excluding carboxylic acids is 1. The molecule has 1 heterocycles. The van der Waals surface area contributed by atoms with Gasteiger partial charge in [0.15, 0.2) is 9.84 Å². The first-order chi connectivity index (χ1) is 11.7. The summed E-state index contributed by atoms with van der Waals surface area (Å²) in [5.74, 6) is -0.0915. The molecule has 1 amide bonds. The van der Waals surface area contributed by atoms with Crippen molar-refractivity contribution in [2.24, 2.45) is 5.73 Å².